The van der Waals surface area contributed by atoms with Gasteiger partial charge < -0.3 is 9.47 Å². The Morgan fingerprint density at radius 2 is 1.60 bits per heavy atom. The summed E-state index contributed by atoms with van der Waals surface area (Å²) in [4.78, 5) is 32.7. The van der Waals surface area contributed by atoms with Crippen molar-refractivity contribution in [1.82, 2.24) is 4.90 Å². The summed E-state index contributed by atoms with van der Waals surface area (Å²) in [5, 5.41) is 0. The van der Waals surface area contributed by atoms with E-state index in [-0.39, 0.29) is 23.9 Å². The molecular formula is C30H29F3N2O5. The second kappa shape index (κ2) is 12.4. The summed E-state index contributed by atoms with van der Waals surface area (Å²) in [5.41, 5.74) is 1.48. The molecule has 0 saturated carbocycles. The smallest absolute Gasteiger partial charge is 0.415 e. The summed E-state index contributed by atoms with van der Waals surface area (Å²) < 4.78 is 54.0. The van der Waals surface area contributed by atoms with Gasteiger partial charge in [0, 0.05) is 43.7 Å². The van der Waals surface area contributed by atoms with E-state index in [1.165, 1.54) is 6.07 Å². The lowest BCUT2D eigenvalue weighted by molar-refractivity contribution is -0.191. The number of benzene rings is 3. The summed E-state index contributed by atoms with van der Waals surface area (Å²) in [5.74, 6) is -3.31. The molecule has 7 nitrogen and oxygen atoms in total. The van der Waals surface area contributed by atoms with Crippen LogP contribution in [0.3, 0.4) is 0 Å². The van der Waals surface area contributed by atoms with E-state index in [0.717, 1.165) is 17.3 Å². The van der Waals surface area contributed by atoms with E-state index < -0.39 is 23.1 Å². The van der Waals surface area contributed by atoms with Gasteiger partial charge in [0.05, 0.1) is 12.6 Å². The average molecular weight is 555 g/mol. The topological polar surface area (TPSA) is 76.2 Å². The van der Waals surface area contributed by atoms with Crippen molar-refractivity contribution in [2.75, 3.05) is 24.5 Å². The average Bonchev–Trinajstić information content (AvgIpc) is 3.25. The highest BCUT2D eigenvalue weighted by molar-refractivity contribution is 5.90. The predicted molar refractivity (Wildman–Crippen MR) is 140 cm³/mol. The molecule has 3 aromatic rings. The third-order valence-corrected chi connectivity index (χ3v) is 6.97. The highest BCUT2D eigenvalue weighted by Gasteiger charge is 2.47. The number of ether oxygens (including phenoxy) is 2. The van der Waals surface area contributed by atoms with Gasteiger partial charge in [-0.1, -0.05) is 24.3 Å². The van der Waals surface area contributed by atoms with Crippen molar-refractivity contribution in [3.63, 3.8) is 0 Å². The molecule has 210 valence electrons. The van der Waals surface area contributed by atoms with Crippen molar-refractivity contribution in [3.05, 3.63) is 83.7 Å². The van der Waals surface area contributed by atoms with E-state index in [2.05, 4.69) is 4.90 Å². The Labute approximate surface area is 230 Å². The zero-order chi connectivity index (χ0) is 28.9. The molecule has 0 aromatic heterocycles. The van der Waals surface area contributed by atoms with Gasteiger partial charge in [-0.05, 0) is 61.4 Å². The van der Waals surface area contributed by atoms with Crippen molar-refractivity contribution in [1.29, 1.82) is 0 Å². The van der Waals surface area contributed by atoms with Gasteiger partial charge in [0.1, 0.15) is 11.4 Å². The van der Waals surface area contributed by atoms with E-state index in [4.69, 9.17) is 19.1 Å². The molecule has 2 fully saturated rings. The maximum Gasteiger partial charge on any atom is 0.415 e. The first-order valence-electron chi connectivity index (χ1n) is 12.9. The second-order valence-electron chi connectivity index (χ2n) is 10.0. The van der Waals surface area contributed by atoms with Crippen LogP contribution in [-0.4, -0.2) is 48.5 Å². The second-order valence-corrected chi connectivity index (χ2v) is 10.0. The van der Waals surface area contributed by atoms with Gasteiger partial charge in [-0.2, -0.15) is 9.59 Å². The van der Waals surface area contributed by atoms with Crippen molar-refractivity contribution < 1.29 is 37.0 Å². The first-order valence-corrected chi connectivity index (χ1v) is 12.9. The van der Waals surface area contributed by atoms with Gasteiger partial charge in [0.15, 0.2) is 17.5 Å². The van der Waals surface area contributed by atoms with Crippen LogP contribution < -0.4 is 9.64 Å². The number of piperidine rings is 1. The van der Waals surface area contributed by atoms with E-state index in [1.807, 2.05) is 50.2 Å². The Balaban J connectivity index is 0.00000118. The third-order valence-electron chi connectivity index (χ3n) is 6.97. The van der Waals surface area contributed by atoms with E-state index in [0.29, 0.717) is 50.3 Å². The van der Waals surface area contributed by atoms with Crippen LogP contribution in [-0.2, 0) is 20.9 Å². The maximum atomic E-state index is 14.7. The predicted octanol–water partition coefficient (Wildman–Crippen LogP) is 5.97. The summed E-state index contributed by atoms with van der Waals surface area (Å²) in [7, 11) is 0. The molecule has 1 amide bonds. The first kappa shape index (κ1) is 28.9. The molecule has 2 saturated heterocycles. The molecule has 0 N–H and O–H groups in total. The molecule has 10 heteroatoms. The quantitative estimate of drug-likeness (QED) is 0.350. The molecule has 40 heavy (non-hydrogen) atoms. The number of carbonyl (C=O) groups is 1. The molecule has 0 bridgehead atoms. The van der Waals surface area contributed by atoms with Crippen LogP contribution in [0, 0.1) is 17.5 Å². The lowest BCUT2D eigenvalue weighted by atomic mass is 9.90. The van der Waals surface area contributed by atoms with Crippen LogP contribution in [0.5, 0.6) is 5.75 Å². The number of anilines is 1. The number of nitrogens with zero attached hydrogens (tertiary/aromatic N) is 2. The van der Waals surface area contributed by atoms with Crippen molar-refractivity contribution in [2.45, 2.75) is 44.9 Å². The Hall–Kier alpha value is -4.14. The third kappa shape index (κ3) is 6.35. The zero-order valence-electron chi connectivity index (χ0n) is 22.2. The SMILES string of the molecule is CC(C)Oc1ccc(-c2ccc(F)c(F)c2F)c(CN2CCC3(CC2)CN(c2ccccc2)C(=O)O3)c1.O=C=O. The maximum absolute atomic E-state index is 14.7. The van der Waals surface area contributed by atoms with Crippen LogP contribution in [0.4, 0.5) is 23.7 Å². The molecule has 0 aliphatic carbocycles. The van der Waals surface area contributed by atoms with Crippen LogP contribution in [0.25, 0.3) is 11.1 Å². The fraction of sp³-hybridized carbons (Fsp3) is 0.333. The van der Waals surface area contributed by atoms with Crippen molar-refractivity contribution in [2.24, 2.45) is 0 Å². The number of halogens is 3. The highest BCUT2D eigenvalue weighted by atomic mass is 19.2. The minimum Gasteiger partial charge on any atom is -0.491 e. The monoisotopic (exact) mass is 554 g/mol. The van der Waals surface area contributed by atoms with Gasteiger partial charge in [0.2, 0.25) is 0 Å². The standard InChI is InChI=1S/C29H29F3N2O3.CO2/c1-19(2)36-22-8-9-23(24-10-11-25(30)27(32)26(24)31)20(16-22)17-33-14-12-29(13-15-33)18-34(28(35)37-29)21-6-4-3-5-7-21;2-1-3/h3-11,16,19H,12-15,17-18H2,1-2H3;. The summed E-state index contributed by atoms with van der Waals surface area (Å²) in [6, 6.07) is 16.9. The number of para-hydroxylation sites is 1. The van der Waals surface area contributed by atoms with Crippen molar-refractivity contribution in [3.8, 4) is 16.9 Å². The number of rotatable bonds is 6. The van der Waals surface area contributed by atoms with Gasteiger partial charge >= 0.3 is 12.2 Å². The lowest BCUT2D eigenvalue weighted by Crippen LogP contribution is -2.46. The molecule has 5 rings (SSSR count). The molecule has 0 radical (unpaired) electrons. The van der Waals surface area contributed by atoms with Crippen molar-refractivity contribution >= 4 is 17.9 Å². The Bertz CT molecular complexity index is 1390. The fourth-order valence-electron chi connectivity index (χ4n) is 5.09. The first-order chi connectivity index (χ1) is 19.2. The van der Waals surface area contributed by atoms with E-state index >= 15 is 0 Å². The van der Waals surface area contributed by atoms with Crippen LogP contribution in [0.15, 0.2) is 60.7 Å². The minimum atomic E-state index is -1.49. The van der Waals surface area contributed by atoms with Gasteiger partial charge in [0.25, 0.3) is 0 Å². The molecule has 0 unspecified atom stereocenters. The van der Waals surface area contributed by atoms with Gasteiger partial charge in [-0.15, -0.1) is 0 Å². The highest BCUT2D eigenvalue weighted by Crippen LogP contribution is 2.37. The number of carbonyl (C=O) groups excluding carboxylic acids is 3. The largest absolute Gasteiger partial charge is 0.491 e. The normalized spacial score (nSPS) is 16.4. The summed E-state index contributed by atoms with van der Waals surface area (Å²) in [6.45, 7) is 6.08. The molecule has 1 spiro atoms. The number of hydrogen-bond donors (Lipinski definition) is 0. The Kier molecular flexibility index (Phi) is 8.92. The molecule has 0 atom stereocenters. The van der Waals surface area contributed by atoms with E-state index in [9.17, 15) is 18.0 Å². The summed E-state index contributed by atoms with van der Waals surface area (Å²) in [6.07, 6.45) is 1.16. The Morgan fingerprint density at radius 1 is 0.950 bits per heavy atom. The summed E-state index contributed by atoms with van der Waals surface area (Å²) >= 11 is 0. The van der Waals surface area contributed by atoms with Crippen LogP contribution in [0.1, 0.15) is 32.3 Å². The van der Waals surface area contributed by atoms with Gasteiger partial charge in [-0.3, -0.25) is 9.80 Å². The van der Waals surface area contributed by atoms with Crippen LogP contribution >= 0.6 is 0 Å². The Morgan fingerprint density at radius 3 is 2.25 bits per heavy atom. The lowest BCUT2D eigenvalue weighted by Gasteiger charge is -2.37. The fourth-order valence-corrected chi connectivity index (χ4v) is 5.09. The number of amides is 1. The molecular weight excluding hydrogens is 525 g/mol. The zero-order valence-corrected chi connectivity index (χ0v) is 22.2. The molecule has 2 aliphatic heterocycles. The van der Waals surface area contributed by atoms with E-state index in [1.54, 1.807) is 17.0 Å². The minimum absolute atomic E-state index is 0.00158. The number of hydrogen-bond acceptors (Lipinski definition) is 6. The molecule has 2 aliphatic rings. The van der Waals surface area contributed by atoms with Gasteiger partial charge in [-0.25, -0.2) is 18.0 Å². The van der Waals surface area contributed by atoms with Crippen LogP contribution in [0.2, 0.25) is 0 Å². The number of likely N-dealkylation sites (tertiary alicyclic amines) is 1. The molecule has 2 heterocycles. The molecule has 3 aromatic carbocycles.